The SMILES string of the molecule is CCC[P+](C)(C)N. The van der Waals surface area contributed by atoms with Crippen molar-refractivity contribution >= 4 is 7.41 Å². The van der Waals surface area contributed by atoms with Gasteiger partial charge in [0.1, 0.15) is 0 Å². The average Bonchev–Trinajstić information content (AvgIpc) is 1.30. The highest BCUT2D eigenvalue weighted by atomic mass is 31.2. The van der Waals surface area contributed by atoms with Crippen molar-refractivity contribution in [2.75, 3.05) is 19.5 Å². The normalized spacial score (nSPS) is 12.0. The molecule has 0 amide bonds. The van der Waals surface area contributed by atoms with Crippen LogP contribution < -0.4 is 5.50 Å². The van der Waals surface area contributed by atoms with Crippen molar-refractivity contribution in [2.45, 2.75) is 13.3 Å². The predicted molar refractivity (Wildman–Crippen MR) is 38.1 cm³/mol. The van der Waals surface area contributed by atoms with Crippen LogP contribution in [0.15, 0.2) is 0 Å². The topological polar surface area (TPSA) is 26.0 Å². The molecule has 0 unspecified atom stereocenters. The lowest BCUT2D eigenvalue weighted by atomic mass is 10.6. The molecule has 0 radical (unpaired) electrons. The molecule has 0 rings (SSSR count). The molecule has 2 N–H and O–H groups in total. The molecule has 0 aromatic heterocycles. The molecular formula is C5H15NP+. The van der Waals surface area contributed by atoms with Crippen LogP contribution in [-0.2, 0) is 0 Å². The molecule has 0 aliphatic carbocycles. The first-order valence-electron chi connectivity index (χ1n) is 2.68. The second-order valence-corrected chi connectivity index (χ2v) is 6.51. The third-order valence-corrected chi connectivity index (χ3v) is 2.40. The molecule has 0 heterocycles. The van der Waals surface area contributed by atoms with Crippen LogP contribution in [0.5, 0.6) is 0 Å². The summed E-state index contributed by atoms with van der Waals surface area (Å²) in [7, 11) is -0.916. The fourth-order valence-corrected chi connectivity index (χ4v) is 1.73. The maximum Gasteiger partial charge on any atom is 0.0739 e. The van der Waals surface area contributed by atoms with E-state index in [9.17, 15) is 0 Å². The molecule has 44 valence electrons. The fraction of sp³-hybridized carbons (Fsp3) is 1.00. The van der Waals surface area contributed by atoms with E-state index in [0.29, 0.717) is 0 Å². The fourth-order valence-electron chi connectivity index (χ4n) is 0.576. The van der Waals surface area contributed by atoms with Gasteiger partial charge in [0, 0.05) is 0 Å². The molecule has 0 atom stereocenters. The Morgan fingerprint density at radius 1 is 1.43 bits per heavy atom. The quantitative estimate of drug-likeness (QED) is 0.550. The van der Waals surface area contributed by atoms with Crippen LogP contribution in [0.4, 0.5) is 0 Å². The van der Waals surface area contributed by atoms with E-state index in [-0.39, 0.29) is 0 Å². The van der Waals surface area contributed by atoms with E-state index < -0.39 is 7.41 Å². The number of rotatable bonds is 2. The van der Waals surface area contributed by atoms with Gasteiger partial charge in [0.05, 0.1) is 26.9 Å². The largest absolute Gasteiger partial charge is 0.205 e. The van der Waals surface area contributed by atoms with Crippen molar-refractivity contribution < 1.29 is 0 Å². The Morgan fingerprint density at radius 3 is 1.86 bits per heavy atom. The summed E-state index contributed by atoms with van der Waals surface area (Å²) >= 11 is 0. The molecule has 0 aromatic carbocycles. The van der Waals surface area contributed by atoms with E-state index in [0.717, 1.165) is 0 Å². The van der Waals surface area contributed by atoms with E-state index in [2.05, 4.69) is 20.3 Å². The van der Waals surface area contributed by atoms with E-state index in [1.807, 2.05) is 0 Å². The summed E-state index contributed by atoms with van der Waals surface area (Å²) in [6, 6.07) is 0. The Balaban J connectivity index is 3.15. The summed E-state index contributed by atoms with van der Waals surface area (Å²) in [5.74, 6) is 0. The summed E-state index contributed by atoms with van der Waals surface area (Å²) in [4.78, 5) is 0. The summed E-state index contributed by atoms with van der Waals surface area (Å²) in [6.07, 6.45) is 2.46. The van der Waals surface area contributed by atoms with Gasteiger partial charge >= 0.3 is 0 Å². The Hall–Kier alpha value is 0.390. The van der Waals surface area contributed by atoms with Gasteiger partial charge in [0.15, 0.2) is 0 Å². The van der Waals surface area contributed by atoms with Crippen LogP contribution in [-0.4, -0.2) is 19.5 Å². The van der Waals surface area contributed by atoms with Crippen LogP contribution in [0.2, 0.25) is 0 Å². The van der Waals surface area contributed by atoms with Crippen molar-refractivity contribution in [3.05, 3.63) is 0 Å². The van der Waals surface area contributed by atoms with Gasteiger partial charge < -0.3 is 0 Å². The Kier molecular flexibility index (Phi) is 2.78. The molecular weight excluding hydrogens is 105 g/mol. The molecule has 7 heavy (non-hydrogen) atoms. The summed E-state index contributed by atoms with van der Waals surface area (Å²) in [5, 5.41) is 0. The third-order valence-electron chi connectivity index (χ3n) is 0.800. The number of hydrogen-bond donors (Lipinski definition) is 1. The van der Waals surface area contributed by atoms with Crippen LogP contribution in [0, 0.1) is 0 Å². The van der Waals surface area contributed by atoms with E-state index in [1.54, 1.807) is 0 Å². The van der Waals surface area contributed by atoms with Gasteiger partial charge in [-0.25, -0.2) is 5.50 Å². The van der Waals surface area contributed by atoms with Crippen molar-refractivity contribution in [2.24, 2.45) is 5.50 Å². The Bertz CT molecular complexity index is 46.5. The van der Waals surface area contributed by atoms with Gasteiger partial charge in [-0.05, 0) is 6.42 Å². The predicted octanol–water partition coefficient (Wildman–Crippen LogP) is 1.55. The molecule has 1 nitrogen and oxygen atoms in total. The van der Waals surface area contributed by atoms with Crippen molar-refractivity contribution in [1.82, 2.24) is 0 Å². The minimum Gasteiger partial charge on any atom is -0.205 e. The van der Waals surface area contributed by atoms with Gasteiger partial charge in [-0.3, -0.25) is 0 Å². The van der Waals surface area contributed by atoms with Gasteiger partial charge in [-0.1, -0.05) is 6.92 Å². The smallest absolute Gasteiger partial charge is 0.0739 e. The highest BCUT2D eigenvalue weighted by Crippen LogP contribution is 2.41. The number of hydrogen-bond acceptors (Lipinski definition) is 1. The van der Waals surface area contributed by atoms with Gasteiger partial charge in [0.25, 0.3) is 0 Å². The van der Waals surface area contributed by atoms with Gasteiger partial charge in [0.2, 0.25) is 0 Å². The molecule has 0 aliphatic heterocycles. The zero-order valence-electron chi connectivity index (χ0n) is 5.44. The molecule has 0 fully saturated rings. The van der Waals surface area contributed by atoms with E-state index >= 15 is 0 Å². The van der Waals surface area contributed by atoms with E-state index in [4.69, 9.17) is 5.50 Å². The molecule has 0 saturated carbocycles. The van der Waals surface area contributed by atoms with Crippen molar-refractivity contribution in [3.8, 4) is 0 Å². The van der Waals surface area contributed by atoms with Crippen molar-refractivity contribution in [1.29, 1.82) is 0 Å². The second kappa shape index (κ2) is 2.64. The maximum atomic E-state index is 5.76. The zero-order valence-corrected chi connectivity index (χ0v) is 6.33. The molecule has 0 aliphatic rings. The second-order valence-electron chi connectivity index (χ2n) is 2.50. The molecule has 0 aromatic rings. The standard InChI is InChI=1S/C5H15NP/c1-4-5-7(2,3)6/h4-6H2,1-3H3/q+1. The maximum absolute atomic E-state index is 5.76. The van der Waals surface area contributed by atoms with E-state index in [1.165, 1.54) is 12.6 Å². The molecule has 0 saturated heterocycles. The zero-order chi connectivity index (χ0) is 5.91. The minimum absolute atomic E-state index is 0.916. The lowest BCUT2D eigenvalue weighted by Crippen LogP contribution is -2.03. The Labute approximate surface area is 46.7 Å². The van der Waals surface area contributed by atoms with Gasteiger partial charge in [-0.2, -0.15) is 0 Å². The lowest BCUT2D eigenvalue weighted by Gasteiger charge is -2.07. The summed E-state index contributed by atoms with van der Waals surface area (Å²) in [6.45, 7) is 6.50. The highest BCUT2D eigenvalue weighted by molar-refractivity contribution is 7.72. The highest BCUT2D eigenvalue weighted by Gasteiger charge is 2.14. The summed E-state index contributed by atoms with van der Waals surface area (Å²) in [5.41, 5.74) is 5.76. The first-order valence-corrected chi connectivity index (χ1v) is 5.61. The van der Waals surface area contributed by atoms with Crippen LogP contribution in [0.1, 0.15) is 13.3 Å². The molecule has 0 spiro atoms. The first-order chi connectivity index (χ1) is 3.06. The minimum atomic E-state index is -0.916. The molecule has 2 heteroatoms. The van der Waals surface area contributed by atoms with Crippen LogP contribution >= 0.6 is 7.41 Å². The number of nitrogens with two attached hydrogens (primary N) is 1. The first kappa shape index (κ1) is 7.39. The van der Waals surface area contributed by atoms with Crippen LogP contribution in [0.25, 0.3) is 0 Å². The van der Waals surface area contributed by atoms with Gasteiger partial charge in [-0.15, -0.1) is 0 Å². The lowest BCUT2D eigenvalue weighted by molar-refractivity contribution is 1.09. The monoisotopic (exact) mass is 120 g/mol. The Morgan fingerprint density at radius 2 is 1.86 bits per heavy atom. The average molecular weight is 120 g/mol. The van der Waals surface area contributed by atoms with Crippen molar-refractivity contribution in [3.63, 3.8) is 0 Å². The van der Waals surface area contributed by atoms with Crippen LogP contribution in [0.3, 0.4) is 0 Å². The summed E-state index contributed by atoms with van der Waals surface area (Å²) < 4.78 is 0. The third kappa shape index (κ3) is 6.39. The molecule has 0 bridgehead atoms.